The molecule has 1 saturated heterocycles. The fraction of sp³-hybridized carbons (Fsp3) is 0.385. The molecule has 2 N–H and O–H groups in total. The molecule has 1 aliphatic heterocycles. The van der Waals surface area contributed by atoms with E-state index in [1.54, 1.807) is 12.1 Å². The third kappa shape index (κ3) is 2.43. The Bertz CT molecular complexity index is 341. The minimum absolute atomic E-state index is 0.252. The van der Waals surface area contributed by atoms with Crippen molar-refractivity contribution in [3.8, 4) is 5.75 Å². The van der Waals surface area contributed by atoms with Crippen LogP contribution < -0.4 is 5.32 Å². The van der Waals surface area contributed by atoms with Gasteiger partial charge in [-0.3, -0.25) is 4.90 Å². The van der Waals surface area contributed by atoms with Crippen LogP contribution in [0.5, 0.6) is 5.75 Å². The molecule has 16 heavy (non-hydrogen) atoms. The van der Waals surface area contributed by atoms with Crippen molar-refractivity contribution in [2.75, 3.05) is 26.2 Å². The van der Waals surface area contributed by atoms with Gasteiger partial charge in [0.25, 0.3) is 0 Å². The molecule has 0 saturated carbocycles. The third-order valence-corrected chi connectivity index (χ3v) is 3.00. The first-order chi connectivity index (χ1) is 7.81. The summed E-state index contributed by atoms with van der Waals surface area (Å²) in [5.41, 5.74) is 1.19. The van der Waals surface area contributed by atoms with Gasteiger partial charge >= 0.3 is 0 Å². The highest BCUT2D eigenvalue weighted by Crippen LogP contribution is 2.23. The fourth-order valence-electron chi connectivity index (χ4n) is 2.13. The van der Waals surface area contributed by atoms with Crippen molar-refractivity contribution in [1.29, 1.82) is 0 Å². The smallest absolute Gasteiger partial charge is 0.115 e. The zero-order chi connectivity index (χ0) is 11.4. The lowest BCUT2D eigenvalue weighted by Gasteiger charge is -2.33. The Morgan fingerprint density at radius 2 is 1.88 bits per heavy atom. The summed E-state index contributed by atoms with van der Waals surface area (Å²) >= 11 is 0. The molecule has 2 rings (SSSR count). The van der Waals surface area contributed by atoms with E-state index in [1.165, 1.54) is 5.56 Å². The molecule has 1 fully saturated rings. The van der Waals surface area contributed by atoms with Gasteiger partial charge in [0.2, 0.25) is 0 Å². The molecule has 1 atom stereocenters. The van der Waals surface area contributed by atoms with Crippen molar-refractivity contribution >= 4 is 0 Å². The van der Waals surface area contributed by atoms with Gasteiger partial charge in [-0.2, -0.15) is 0 Å². The molecule has 0 bridgehead atoms. The topological polar surface area (TPSA) is 35.5 Å². The Balaban J connectivity index is 2.14. The first kappa shape index (κ1) is 11.2. The van der Waals surface area contributed by atoms with Gasteiger partial charge in [0.15, 0.2) is 0 Å². The highest BCUT2D eigenvalue weighted by Gasteiger charge is 2.18. The van der Waals surface area contributed by atoms with Crippen LogP contribution in [0, 0.1) is 0 Å². The normalized spacial score (nSPS) is 19.2. The van der Waals surface area contributed by atoms with Gasteiger partial charge in [0.1, 0.15) is 5.75 Å². The SMILES string of the molecule is C=C[C@H](c1ccc(O)cc1)N1CCNCC1. The number of benzene rings is 1. The van der Waals surface area contributed by atoms with E-state index in [0.717, 1.165) is 26.2 Å². The summed E-state index contributed by atoms with van der Waals surface area (Å²) in [4.78, 5) is 2.40. The van der Waals surface area contributed by atoms with Crippen molar-refractivity contribution in [2.24, 2.45) is 0 Å². The Kier molecular flexibility index (Phi) is 3.59. The Morgan fingerprint density at radius 1 is 1.25 bits per heavy atom. The van der Waals surface area contributed by atoms with E-state index in [4.69, 9.17) is 0 Å². The van der Waals surface area contributed by atoms with Gasteiger partial charge in [0.05, 0.1) is 6.04 Å². The van der Waals surface area contributed by atoms with Crippen LogP contribution in [0.4, 0.5) is 0 Å². The molecule has 1 aliphatic rings. The number of piperazine rings is 1. The predicted octanol–water partition coefficient (Wildman–Crippen LogP) is 1.52. The summed E-state index contributed by atoms with van der Waals surface area (Å²) in [5, 5.41) is 12.6. The fourth-order valence-corrected chi connectivity index (χ4v) is 2.13. The second-order valence-electron chi connectivity index (χ2n) is 4.06. The zero-order valence-electron chi connectivity index (χ0n) is 9.39. The molecular formula is C13H18N2O. The number of phenolic OH excluding ortho intramolecular Hbond substituents is 1. The average Bonchev–Trinajstić information content (AvgIpc) is 2.34. The van der Waals surface area contributed by atoms with Crippen LogP contribution in [0.25, 0.3) is 0 Å². The first-order valence-corrected chi connectivity index (χ1v) is 5.67. The number of aromatic hydroxyl groups is 1. The molecule has 3 heteroatoms. The quantitative estimate of drug-likeness (QED) is 0.755. The number of hydrogen-bond acceptors (Lipinski definition) is 3. The largest absolute Gasteiger partial charge is 0.508 e. The molecule has 0 amide bonds. The molecular weight excluding hydrogens is 200 g/mol. The van der Waals surface area contributed by atoms with Gasteiger partial charge in [-0.1, -0.05) is 18.2 Å². The molecule has 1 heterocycles. The van der Waals surface area contributed by atoms with Gasteiger partial charge in [-0.05, 0) is 17.7 Å². The summed E-state index contributed by atoms with van der Waals surface area (Å²) in [5.74, 6) is 0.312. The van der Waals surface area contributed by atoms with E-state index in [0.29, 0.717) is 5.75 Å². The van der Waals surface area contributed by atoms with E-state index in [9.17, 15) is 5.11 Å². The first-order valence-electron chi connectivity index (χ1n) is 5.67. The van der Waals surface area contributed by atoms with E-state index >= 15 is 0 Å². The van der Waals surface area contributed by atoms with E-state index < -0.39 is 0 Å². The van der Waals surface area contributed by atoms with Gasteiger partial charge in [-0.25, -0.2) is 0 Å². The molecule has 0 unspecified atom stereocenters. The van der Waals surface area contributed by atoms with Crippen molar-refractivity contribution in [3.05, 3.63) is 42.5 Å². The minimum atomic E-state index is 0.252. The van der Waals surface area contributed by atoms with Crippen molar-refractivity contribution in [1.82, 2.24) is 10.2 Å². The van der Waals surface area contributed by atoms with Crippen LogP contribution in [0.2, 0.25) is 0 Å². The summed E-state index contributed by atoms with van der Waals surface area (Å²) in [6, 6.07) is 7.64. The van der Waals surface area contributed by atoms with E-state index in [1.807, 2.05) is 18.2 Å². The second-order valence-corrected chi connectivity index (χ2v) is 4.06. The van der Waals surface area contributed by atoms with Gasteiger partial charge in [-0.15, -0.1) is 6.58 Å². The Labute approximate surface area is 96.4 Å². The third-order valence-electron chi connectivity index (χ3n) is 3.00. The molecule has 0 spiro atoms. The number of rotatable bonds is 3. The molecule has 1 aromatic carbocycles. The number of phenols is 1. The maximum absolute atomic E-state index is 9.27. The molecule has 86 valence electrons. The predicted molar refractivity (Wildman–Crippen MR) is 65.5 cm³/mol. The van der Waals surface area contributed by atoms with Crippen molar-refractivity contribution in [2.45, 2.75) is 6.04 Å². The number of nitrogens with zero attached hydrogens (tertiary/aromatic N) is 1. The number of hydrogen-bond donors (Lipinski definition) is 2. The van der Waals surface area contributed by atoms with Crippen LogP contribution in [0.3, 0.4) is 0 Å². The molecule has 0 aromatic heterocycles. The average molecular weight is 218 g/mol. The minimum Gasteiger partial charge on any atom is -0.508 e. The summed E-state index contributed by atoms with van der Waals surface area (Å²) < 4.78 is 0. The highest BCUT2D eigenvalue weighted by molar-refractivity contribution is 5.30. The second kappa shape index (κ2) is 5.14. The summed E-state index contributed by atoms with van der Waals surface area (Å²) in [6.45, 7) is 8.05. The molecule has 0 radical (unpaired) electrons. The lowest BCUT2D eigenvalue weighted by Crippen LogP contribution is -2.44. The van der Waals surface area contributed by atoms with Gasteiger partial charge < -0.3 is 10.4 Å². The zero-order valence-corrected chi connectivity index (χ0v) is 9.39. The van der Waals surface area contributed by atoms with E-state index in [2.05, 4.69) is 16.8 Å². The maximum atomic E-state index is 9.27. The highest BCUT2D eigenvalue weighted by atomic mass is 16.3. The summed E-state index contributed by atoms with van der Waals surface area (Å²) in [7, 11) is 0. The Hall–Kier alpha value is -1.32. The monoisotopic (exact) mass is 218 g/mol. The van der Waals surface area contributed by atoms with E-state index in [-0.39, 0.29) is 6.04 Å². The van der Waals surface area contributed by atoms with Crippen LogP contribution in [-0.2, 0) is 0 Å². The Morgan fingerprint density at radius 3 is 2.44 bits per heavy atom. The van der Waals surface area contributed by atoms with Crippen molar-refractivity contribution in [3.63, 3.8) is 0 Å². The van der Waals surface area contributed by atoms with Crippen LogP contribution in [-0.4, -0.2) is 36.2 Å². The van der Waals surface area contributed by atoms with Gasteiger partial charge in [0, 0.05) is 26.2 Å². The van der Waals surface area contributed by atoms with Crippen LogP contribution in [0.1, 0.15) is 11.6 Å². The standard InChI is InChI=1S/C13H18N2O/c1-2-13(15-9-7-14-8-10-15)11-3-5-12(16)6-4-11/h2-6,13-14,16H,1,7-10H2/t13-/m1/s1. The number of nitrogens with one attached hydrogen (secondary N) is 1. The van der Waals surface area contributed by atoms with Crippen LogP contribution >= 0.6 is 0 Å². The summed E-state index contributed by atoms with van der Waals surface area (Å²) in [6.07, 6.45) is 1.97. The lowest BCUT2D eigenvalue weighted by atomic mass is 10.0. The molecule has 3 nitrogen and oxygen atoms in total. The molecule has 0 aliphatic carbocycles. The van der Waals surface area contributed by atoms with Crippen molar-refractivity contribution < 1.29 is 5.11 Å². The maximum Gasteiger partial charge on any atom is 0.115 e. The molecule has 1 aromatic rings. The lowest BCUT2D eigenvalue weighted by molar-refractivity contribution is 0.203. The van der Waals surface area contributed by atoms with Crippen LogP contribution in [0.15, 0.2) is 36.9 Å².